The van der Waals surface area contributed by atoms with Crippen molar-refractivity contribution >= 4 is 29.1 Å². The fourth-order valence-electron chi connectivity index (χ4n) is 4.49. The number of hydrogen-bond donors (Lipinski definition) is 2. The van der Waals surface area contributed by atoms with E-state index in [-0.39, 0.29) is 29.8 Å². The van der Waals surface area contributed by atoms with Gasteiger partial charge < -0.3 is 16.0 Å². The highest BCUT2D eigenvalue weighted by atomic mass is 35.5. The van der Waals surface area contributed by atoms with Crippen molar-refractivity contribution in [2.24, 2.45) is 11.7 Å². The van der Waals surface area contributed by atoms with Crippen LogP contribution in [0.15, 0.2) is 48.5 Å². The highest BCUT2D eigenvalue weighted by Crippen LogP contribution is 2.30. The maximum atomic E-state index is 13.5. The zero-order chi connectivity index (χ0) is 21.8. The number of benzene rings is 2. The molecule has 0 aromatic heterocycles. The highest BCUT2D eigenvalue weighted by molar-refractivity contribution is 6.31. The number of anilines is 1. The topological polar surface area (TPSA) is 75.4 Å². The molecule has 2 atom stereocenters. The van der Waals surface area contributed by atoms with E-state index >= 15 is 0 Å². The van der Waals surface area contributed by atoms with Gasteiger partial charge in [-0.05, 0) is 61.6 Å². The van der Waals surface area contributed by atoms with Crippen molar-refractivity contribution < 1.29 is 9.59 Å². The lowest BCUT2D eigenvalue weighted by Gasteiger charge is -2.38. The van der Waals surface area contributed by atoms with Crippen molar-refractivity contribution in [1.82, 2.24) is 4.90 Å². The van der Waals surface area contributed by atoms with Gasteiger partial charge in [-0.1, -0.05) is 49.1 Å². The Morgan fingerprint density at radius 3 is 2.42 bits per heavy atom. The van der Waals surface area contributed by atoms with Crippen LogP contribution in [-0.2, 0) is 11.3 Å². The van der Waals surface area contributed by atoms with E-state index in [1.807, 2.05) is 47.4 Å². The second-order valence-electron chi connectivity index (χ2n) is 8.74. The van der Waals surface area contributed by atoms with Crippen molar-refractivity contribution in [3.63, 3.8) is 0 Å². The normalized spacial score (nSPS) is 21.2. The minimum atomic E-state index is -0.0540. The maximum absolute atomic E-state index is 13.5. The zero-order valence-corrected chi connectivity index (χ0v) is 18.5. The van der Waals surface area contributed by atoms with Gasteiger partial charge in [0.1, 0.15) is 0 Å². The number of halogens is 1. The van der Waals surface area contributed by atoms with E-state index < -0.39 is 0 Å². The summed E-state index contributed by atoms with van der Waals surface area (Å²) in [5, 5.41) is 3.59. The van der Waals surface area contributed by atoms with Crippen molar-refractivity contribution in [2.45, 2.75) is 63.6 Å². The molecule has 2 aromatic carbocycles. The molecule has 0 bridgehead atoms. The Bertz CT molecular complexity index is 930. The number of nitrogens with one attached hydrogen (secondary N) is 1. The summed E-state index contributed by atoms with van der Waals surface area (Å²) >= 11 is 6.52. The first kappa shape index (κ1) is 21.8. The lowest BCUT2D eigenvalue weighted by Crippen LogP contribution is -2.51. The molecule has 2 saturated carbocycles. The van der Waals surface area contributed by atoms with Crippen LogP contribution in [0, 0.1) is 5.92 Å². The monoisotopic (exact) mass is 439 g/mol. The molecule has 0 spiro atoms. The molecule has 0 aliphatic heterocycles. The quantitative estimate of drug-likeness (QED) is 0.665. The third kappa shape index (κ3) is 5.10. The summed E-state index contributed by atoms with van der Waals surface area (Å²) in [5.41, 5.74) is 8.63. The number of rotatable bonds is 6. The van der Waals surface area contributed by atoms with Gasteiger partial charge >= 0.3 is 0 Å². The second-order valence-corrected chi connectivity index (χ2v) is 9.15. The van der Waals surface area contributed by atoms with Crippen LogP contribution in [-0.4, -0.2) is 28.8 Å². The number of carbonyl (C=O) groups excluding carboxylic acids is 2. The maximum Gasteiger partial charge on any atom is 0.254 e. The van der Waals surface area contributed by atoms with E-state index in [1.54, 1.807) is 6.07 Å². The fourth-order valence-corrected chi connectivity index (χ4v) is 4.66. The third-order valence-corrected chi connectivity index (χ3v) is 6.96. The molecule has 0 heterocycles. The fraction of sp³-hybridized carbons (Fsp3) is 0.440. The van der Waals surface area contributed by atoms with Gasteiger partial charge in [0.05, 0.1) is 0 Å². The molecule has 6 heteroatoms. The predicted octanol–water partition coefficient (Wildman–Crippen LogP) is 4.99. The molecule has 31 heavy (non-hydrogen) atoms. The zero-order valence-electron chi connectivity index (χ0n) is 17.7. The van der Waals surface area contributed by atoms with Gasteiger partial charge in [0.15, 0.2) is 0 Å². The SMILES string of the molecule is NC1CCCCC1N(Cc1cc(NC(=O)C2CCC2)ccc1Cl)C(=O)c1ccccc1. The van der Waals surface area contributed by atoms with E-state index in [2.05, 4.69) is 5.32 Å². The van der Waals surface area contributed by atoms with Gasteiger partial charge in [-0.25, -0.2) is 0 Å². The molecular formula is C25H30ClN3O2. The Morgan fingerprint density at radius 1 is 1.00 bits per heavy atom. The molecule has 2 fully saturated rings. The van der Waals surface area contributed by atoms with Crippen molar-refractivity contribution in [2.75, 3.05) is 5.32 Å². The van der Waals surface area contributed by atoms with Crippen LogP contribution in [0.2, 0.25) is 5.02 Å². The molecule has 3 N–H and O–H groups in total. The Kier molecular flexibility index (Phi) is 6.93. The summed E-state index contributed by atoms with van der Waals surface area (Å²) in [6.45, 7) is 0.359. The standard InChI is InChI=1S/C25H30ClN3O2/c26-21-14-13-20(28-24(30)17-9-6-10-17)15-19(21)16-29(23-12-5-4-11-22(23)27)25(31)18-7-2-1-3-8-18/h1-3,7-8,13-15,17,22-23H,4-6,9-12,16,27H2,(H,28,30). The van der Waals surface area contributed by atoms with Gasteiger partial charge in [-0.15, -0.1) is 0 Å². The smallest absolute Gasteiger partial charge is 0.254 e. The molecule has 2 aromatic rings. The van der Waals surface area contributed by atoms with Crippen molar-refractivity contribution in [3.05, 3.63) is 64.7 Å². The first-order valence-corrected chi connectivity index (χ1v) is 11.6. The van der Waals surface area contributed by atoms with Crippen LogP contribution in [0.3, 0.4) is 0 Å². The van der Waals surface area contributed by atoms with E-state index in [1.165, 1.54) is 0 Å². The molecule has 0 saturated heterocycles. The second kappa shape index (κ2) is 9.84. The highest BCUT2D eigenvalue weighted by Gasteiger charge is 2.32. The van der Waals surface area contributed by atoms with Crippen molar-refractivity contribution in [3.8, 4) is 0 Å². The summed E-state index contributed by atoms with van der Waals surface area (Å²) in [6, 6.07) is 14.7. The van der Waals surface area contributed by atoms with Crippen LogP contribution >= 0.6 is 11.6 Å². The van der Waals surface area contributed by atoms with Gasteiger partial charge in [-0.3, -0.25) is 9.59 Å². The van der Waals surface area contributed by atoms with E-state index in [4.69, 9.17) is 17.3 Å². The predicted molar refractivity (Wildman–Crippen MR) is 124 cm³/mol. The number of carbonyl (C=O) groups is 2. The number of nitrogens with zero attached hydrogens (tertiary/aromatic N) is 1. The number of hydrogen-bond acceptors (Lipinski definition) is 3. The Balaban J connectivity index is 1.59. The van der Waals surface area contributed by atoms with Crippen LogP contribution in [0.5, 0.6) is 0 Å². The molecule has 2 unspecified atom stereocenters. The molecule has 2 amide bonds. The van der Waals surface area contributed by atoms with E-state index in [0.29, 0.717) is 17.1 Å². The number of amides is 2. The molecule has 5 nitrogen and oxygen atoms in total. The minimum Gasteiger partial charge on any atom is -0.330 e. The summed E-state index contributed by atoms with van der Waals surface area (Å²) < 4.78 is 0. The molecule has 164 valence electrons. The average molecular weight is 440 g/mol. The Morgan fingerprint density at radius 2 is 1.74 bits per heavy atom. The van der Waals surface area contributed by atoms with Crippen LogP contribution in [0.25, 0.3) is 0 Å². The summed E-state index contributed by atoms with van der Waals surface area (Å²) in [7, 11) is 0. The molecular weight excluding hydrogens is 410 g/mol. The van der Waals surface area contributed by atoms with Crippen LogP contribution in [0.4, 0.5) is 5.69 Å². The van der Waals surface area contributed by atoms with Crippen LogP contribution < -0.4 is 11.1 Å². The Labute approximate surface area is 188 Å². The largest absolute Gasteiger partial charge is 0.330 e. The first-order valence-electron chi connectivity index (χ1n) is 11.2. The van der Waals surface area contributed by atoms with E-state index in [9.17, 15) is 9.59 Å². The average Bonchev–Trinajstić information content (AvgIpc) is 2.73. The number of nitrogens with two attached hydrogens (primary N) is 1. The van der Waals surface area contributed by atoms with Crippen LogP contribution in [0.1, 0.15) is 60.9 Å². The van der Waals surface area contributed by atoms with Gasteiger partial charge in [0, 0.05) is 40.8 Å². The summed E-state index contributed by atoms with van der Waals surface area (Å²) in [5.74, 6) is 0.129. The summed E-state index contributed by atoms with van der Waals surface area (Å²) in [6.07, 6.45) is 6.96. The molecule has 0 radical (unpaired) electrons. The van der Waals surface area contributed by atoms with Gasteiger partial charge in [-0.2, -0.15) is 0 Å². The van der Waals surface area contributed by atoms with E-state index in [0.717, 1.165) is 56.2 Å². The first-order chi connectivity index (χ1) is 15.0. The molecule has 4 rings (SSSR count). The minimum absolute atomic E-state index is 0.0363. The van der Waals surface area contributed by atoms with Gasteiger partial charge in [0.25, 0.3) is 5.91 Å². The van der Waals surface area contributed by atoms with Gasteiger partial charge in [0.2, 0.25) is 5.91 Å². The Hall–Kier alpha value is -2.37. The summed E-state index contributed by atoms with van der Waals surface area (Å²) in [4.78, 5) is 27.7. The lowest BCUT2D eigenvalue weighted by atomic mass is 9.85. The van der Waals surface area contributed by atoms with Crippen molar-refractivity contribution in [1.29, 1.82) is 0 Å². The lowest BCUT2D eigenvalue weighted by molar-refractivity contribution is -0.122. The molecule has 2 aliphatic carbocycles. The third-order valence-electron chi connectivity index (χ3n) is 6.59. The molecule has 2 aliphatic rings.